The highest BCUT2D eigenvalue weighted by atomic mass is 32.2. The highest BCUT2D eigenvalue weighted by Crippen LogP contribution is 2.16. The summed E-state index contributed by atoms with van der Waals surface area (Å²) in [4.78, 5) is 7.24. The van der Waals surface area contributed by atoms with E-state index in [0.717, 1.165) is 23.4 Å². The molecular formula is C14H20N4O2S. The molecule has 0 aliphatic rings. The standard InChI is InChI=1S/C14H20N4O2S/c1-2-11-3-4-13(9-12(11)10-15)21(19,20)18-6-5-14-16-7-8-17-14/h3-4,7-9,18H,2,5-6,10,15H2,1H3,(H,16,17). The van der Waals surface area contributed by atoms with Crippen molar-refractivity contribution in [3.8, 4) is 0 Å². The Hall–Kier alpha value is -1.70. The Bertz CT molecular complexity index is 681. The zero-order valence-electron chi connectivity index (χ0n) is 12.0. The second-order valence-corrected chi connectivity index (χ2v) is 6.44. The minimum atomic E-state index is -3.52. The molecule has 0 spiro atoms. The van der Waals surface area contributed by atoms with Crippen molar-refractivity contribution in [2.75, 3.05) is 6.54 Å². The quantitative estimate of drug-likeness (QED) is 0.709. The number of nitrogens with two attached hydrogens (primary N) is 1. The molecule has 0 amide bonds. The van der Waals surface area contributed by atoms with Gasteiger partial charge in [0, 0.05) is 31.9 Å². The Labute approximate surface area is 124 Å². The lowest BCUT2D eigenvalue weighted by Gasteiger charge is -2.10. The number of rotatable bonds is 7. The molecule has 2 rings (SSSR count). The maximum Gasteiger partial charge on any atom is 0.240 e. The van der Waals surface area contributed by atoms with Crippen LogP contribution in [0.25, 0.3) is 0 Å². The summed E-state index contributed by atoms with van der Waals surface area (Å²) in [5.41, 5.74) is 7.62. The summed E-state index contributed by atoms with van der Waals surface area (Å²) in [5, 5.41) is 0. The third kappa shape index (κ3) is 3.90. The van der Waals surface area contributed by atoms with Crippen molar-refractivity contribution in [2.24, 2.45) is 5.73 Å². The van der Waals surface area contributed by atoms with Crippen LogP contribution in [0, 0.1) is 0 Å². The van der Waals surface area contributed by atoms with Gasteiger partial charge in [-0.3, -0.25) is 0 Å². The molecule has 1 heterocycles. The van der Waals surface area contributed by atoms with Crippen LogP contribution in [0.1, 0.15) is 23.9 Å². The van der Waals surface area contributed by atoms with Gasteiger partial charge in [-0.05, 0) is 29.7 Å². The first-order valence-electron chi connectivity index (χ1n) is 6.86. The van der Waals surface area contributed by atoms with Gasteiger partial charge >= 0.3 is 0 Å². The summed E-state index contributed by atoms with van der Waals surface area (Å²) in [6.07, 6.45) is 4.70. The molecule has 114 valence electrons. The summed E-state index contributed by atoms with van der Waals surface area (Å²) in [5.74, 6) is 0.752. The van der Waals surface area contributed by atoms with Gasteiger partial charge in [-0.25, -0.2) is 18.1 Å². The molecule has 0 aliphatic heterocycles. The summed E-state index contributed by atoms with van der Waals surface area (Å²) in [6.45, 7) is 2.65. The average molecular weight is 308 g/mol. The average Bonchev–Trinajstić information content (AvgIpc) is 2.99. The molecule has 1 aromatic heterocycles. The summed E-state index contributed by atoms with van der Waals surface area (Å²) in [6, 6.07) is 5.09. The van der Waals surface area contributed by atoms with E-state index in [1.54, 1.807) is 24.5 Å². The molecule has 0 saturated carbocycles. The Morgan fingerprint density at radius 2 is 2.14 bits per heavy atom. The Morgan fingerprint density at radius 3 is 2.76 bits per heavy atom. The number of aromatic nitrogens is 2. The minimum absolute atomic E-state index is 0.250. The Morgan fingerprint density at radius 1 is 1.33 bits per heavy atom. The predicted molar refractivity (Wildman–Crippen MR) is 81.2 cm³/mol. The van der Waals surface area contributed by atoms with Crippen molar-refractivity contribution < 1.29 is 8.42 Å². The monoisotopic (exact) mass is 308 g/mol. The Balaban J connectivity index is 2.08. The molecular weight excluding hydrogens is 288 g/mol. The molecule has 0 atom stereocenters. The van der Waals surface area contributed by atoms with Gasteiger partial charge in [0.2, 0.25) is 10.0 Å². The van der Waals surface area contributed by atoms with Crippen LogP contribution in [0.2, 0.25) is 0 Å². The molecule has 0 aliphatic carbocycles. The lowest BCUT2D eigenvalue weighted by Crippen LogP contribution is -2.26. The van der Waals surface area contributed by atoms with E-state index in [1.807, 2.05) is 13.0 Å². The summed E-state index contributed by atoms with van der Waals surface area (Å²) >= 11 is 0. The van der Waals surface area contributed by atoms with E-state index in [1.165, 1.54) is 0 Å². The second kappa shape index (κ2) is 6.84. The number of aryl methyl sites for hydroxylation is 1. The van der Waals surface area contributed by atoms with Crippen molar-refractivity contribution in [2.45, 2.75) is 31.2 Å². The fourth-order valence-corrected chi connectivity index (χ4v) is 3.21. The van der Waals surface area contributed by atoms with Crippen LogP contribution < -0.4 is 10.5 Å². The van der Waals surface area contributed by atoms with Gasteiger partial charge in [0.1, 0.15) is 5.82 Å². The van der Waals surface area contributed by atoms with E-state index >= 15 is 0 Å². The summed E-state index contributed by atoms with van der Waals surface area (Å²) < 4.78 is 27.1. The van der Waals surface area contributed by atoms with Crippen LogP contribution >= 0.6 is 0 Å². The van der Waals surface area contributed by atoms with Crippen LogP contribution in [0.5, 0.6) is 0 Å². The van der Waals surface area contributed by atoms with Crippen LogP contribution in [-0.4, -0.2) is 24.9 Å². The van der Waals surface area contributed by atoms with E-state index in [-0.39, 0.29) is 4.90 Å². The van der Waals surface area contributed by atoms with Gasteiger partial charge in [0.25, 0.3) is 0 Å². The van der Waals surface area contributed by atoms with E-state index in [4.69, 9.17) is 5.73 Å². The number of nitrogens with zero attached hydrogens (tertiary/aromatic N) is 1. The lowest BCUT2D eigenvalue weighted by molar-refractivity contribution is 0.581. The number of aromatic amines is 1. The van der Waals surface area contributed by atoms with E-state index in [2.05, 4.69) is 14.7 Å². The van der Waals surface area contributed by atoms with Crippen molar-refractivity contribution >= 4 is 10.0 Å². The fraction of sp³-hybridized carbons (Fsp3) is 0.357. The number of H-pyrrole nitrogens is 1. The third-order valence-electron chi connectivity index (χ3n) is 3.30. The first-order valence-corrected chi connectivity index (χ1v) is 8.35. The highest BCUT2D eigenvalue weighted by Gasteiger charge is 2.15. The topological polar surface area (TPSA) is 101 Å². The van der Waals surface area contributed by atoms with Crippen LogP contribution in [0.3, 0.4) is 0 Å². The number of hydrogen-bond acceptors (Lipinski definition) is 4. The maximum absolute atomic E-state index is 12.2. The van der Waals surface area contributed by atoms with Crippen molar-refractivity contribution in [3.63, 3.8) is 0 Å². The van der Waals surface area contributed by atoms with Gasteiger partial charge in [-0.2, -0.15) is 0 Å². The molecule has 1 aromatic carbocycles. The van der Waals surface area contributed by atoms with Gasteiger partial charge in [-0.1, -0.05) is 13.0 Å². The first kappa shape index (κ1) is 15.7. The second-order valence-electron chi connectivity index (χ2n) is 4.67. The molecule has 6 nitrogen and oxygen atoms in total. The van der Waals surface area contributed by atoms with Crippen molar-refractivity contribution in [1.29, 1.82) is 0 Å². The molecule has 2 aromatic rings. The molecule has 7 heteroatoms. The zero-order chi connectivity index (χ0) is 15.3. The summed E-state index contributed by atoms with van der Waals surface area (Å²) in [7, 11) is -3.52. The predicted octanol–water partition coefficient (Wildman–Crippen LogP) is 0.952. The number of sulfonamides is 1. The lowest BCUT2D eigenvalue weighted by atomic mass is 10.1. The van der Waals surface area contributed by atoms with Gasteiger partial charge < -0.3 is 10.7 Å². The van der Waals surface area contributed by atoms with Gasteiger partial charge in [0.05, 0.1) is 4.90 Å². The maximum atomic E-state index is 12.2. The van der Waals surface area contributed by atoms with E-state index in [9.17, 15) is 8.42 Å². The van der Waals surface area contributed by atoms with Crippen LogP contribution in [0.4, 0.5) is 0 Å². The first-order chi connectivity index (χ1) is 10.1. The van der Waals surface area contributed by atoms with Crippen molar-refractivity contribution in [3.05, 3.63) is 47.5 Å². The normalized spacial score (nSPS) is 11.7. The zero-order valence-corrected chi connectivity index (χ0v) is 12.8. The Kier molecular flexibility index (Phi) is 5.11. The molecule has 0 bridgehead atoms. The van der Waals surface area contributed by atoms with E-state index < -0.39 is 10.0 Å². The van der Waals surface area contributed by atoms with Gasteiger partial charge in [0.15, 0.2) is 0 Å². The molecule has 4 N–H and O–H groups in total. The van der Waals surface area contributed by atoms with Crippen molar-refractivity contribution in [1.82, 2.24) is 14.7 Å². The smallest absolute Gasteiger partial charge is 0.240 e. The largest absolute Gasteiger partial charge is 0.349 e. The molecule has 21 heavy (non-hydrogen) atoms. The number of benzene rings is 1. The number of imidazole rings is 1. The number of hydrogen-bond donors (Lipinski definition) is 3. The molecule has 0 fully saturated rings. The SMILES string of the molecule is CCc1ccc(S(=O)(=O)NCCc2ncc[nH]2)cc1CN. The fourth-order valence-electron chi connectivity index (χ4n) is 2.13. The molecule has 0 radical (unpaired) electrons. The minimum Gasteiger partial charge on any atom is -0.349 e. The molecule has 0 saturated heterocycles. The molecule has 0 unspecified atom stereocenters. The van der Waals surface area contributed by atoms with Gasteiger partial charge in [-0.15, -0.1) is 0 Å². The van der Waals surface area contributed by atoms with E-state index in [0.29, 0.717) is 19.5 Å². The highest BCUT2D eigenvalue weighted by molar-refractivity contribution is 7.89. The third-order valence-corrected chi connectivity index (χ3v) is 4.76. The number of nitrogens with one attached hydrogen (secondary N) is 2. The van der Waals surface area contributed by atoms with Crippen LogP contribution in [-0.2, 0) is 29.4 Å². The van der Waals surface area contributed by atoms with Crippen LogP contribution in [0.15, 0.2) is 35.5 Å².